The van der Waals surface area contributed by atoms with Gasteiger partial charge in [0, 0.05) is 28.7 Å². The maximum absolute atomic E-state index is 13.0. The second-order valence-electron chi connectivity index (χ2n) is 11.8. The molecule has 0 radical (unpaired) electrons. The minimum absolute atomic E-state index is 0.113. The van der Waals surface area contributed by atoms with E-state index in [4.69, 9.17) is 0 Å². The van der Waals surface area contributed by atoms with Gasteiger partial charge in [0.1, 0.15) is 5.69 Å². The smallest absolute Gasteiger partial charge is 0.318 e. The third-order valence-electron chi connectivity index (χ3n) is 9.16. The molecular weight excluding hydrogens is 505 g/mol. The van der Waals surface area contributed by atoms with Gasteiger partial charge in [0.25, 0.3) is 5.69 Å². The lowest BCUT2D eigenvalue weighted by atomic mass is 9.48. The molecule has 0 aliphatic heterocycles. The molecule has 0 unspecified atom stereocenters. The van der Waals surface area contributed by atoms with E-state index in [1.807, 2.05) is 19.9 Å². The summed E-state index contributed by atoms with van der Waals surface area (Å²) in [4.78, 5) is 10.5. The van der Waals surface area contributed by atoms with Crippen LogP contribution in [0.1, 0.15) is 66.6 Å². The van der Waals surface area contributed by atoms with Gasteiger partial charge in [0.15, 0.2) is 0 Å². The van der Waals surface area contributed by atoms with Crippen LogP contribution in [0.4, 0.5) is 24.5 Å². The minimum Gasteiger partial charge on any atom is -0.318 e. The number of nitrogens with one attached hydrogen (secondary N) is 1. The van der Waals surface area contributed by atoms with Crippen LogP contribution >= 0.6 is 0 Å². The minimum atomic E-state index is -4.67. The van der Waals surface area contributed by atoms with Gasteiger partial charge < -0.3 is 4.57 Å². The number of alkyl halides is 3. The monoisotopic (exact) mass is 536 g/mol. The summed E-state index contributed by atoms with van der Waals surface area (Å²) >= 11 is 0. The summed E-state index contributed by atoms with van der Waals surface area (Å²) in [6.07, 6.45) is 5.10. The van der Waals surface area contributed by atoms with Crippen molar-refractivity contribution in [3.63, 3.8) is 0 Å². The van der Waals surface area contributed by atoms with Crippen molar-refractivity contribution in [2.45, 2.75) is 64.0 Å². The van der Waals surface area contributed by atoms with Gasteiger partial charge in [-0.1, -0.05) is 12.1 Å². The highest BCUT2D eigenvalue weighted by Crippen LogP contribution is 2.60. The summed E-state index contributed by atoms with van der Waals surface area (Å²) < 4.78 is 41.1. The molecule has 6 nitrogen and oxygen atoms in total. The fourth-order valence-corrected chi connectivity index (χ4v) is 7.87. The van der Waals surface area contributed by atoms with Crippen molar-refractivity contribution < 1.29 is 18.1 Å². The molecule has 9 heteroatoms. The van der Waals surface area contributed by atoms with Crippen LogP contribution < -0.4 is 5.43 Å². The molecule has 39 heavy (non-hydrogen) atoms. The van der Waals surface area contributed by atoms with Gasteiger partial charge in [0.05, 0.1) is 16.7 Å². The molecule has 1 aromatic heterocycles. The highest BCUT2D eigenvalue weighted by atomic mass is 19.4. The summed E-state index contributed by atoms with van der Waals surface area (Å²) in [6, 6.07) is 13.3. The Bertz CT molecular complexity index is 1420. The summed E-state index contributed by atoms with van der Waals surface area (Å²) in [5.74, 6) is 2.68. The highest BCUT2D eigenvalue weighted by Gasteiger charge is 2.51. The van der Waals surface area contributed by atoms with Crippen LogP contribution in [0.25, 0.3) is 5.69 Å². The predicted molar refractivity (Wildman–Crippen MR) is 144 cm³/mol. The van der Waals surface area contributed by atoms with Crippen molar-refractivity contribution in [2.75, 3.05) is 5.43 Å². The highest BCUT2D eigenvalue weighted by molar-refractivity contribution is 5.83. The summed E-state index contributed by atoms with van der Waals surface area (Å²) in [5.41, 5.74) is 6.29. The van der Waals surface area contributed by atoms with Gasteiger partial charge in [-0.05, 0) is 111 Å². The number of aryl methyl sites for hydroxylation is 1. The standard InChI is InChI=1S/C30H31F3N4O2/c1-18-9-23(17-34-35-27-8-5-25(30(31,32)33)13-28(27)37(38)39)19(2)36(18)26-6-3-24(4-7-26)29-14-20-10-21(15-29)12-22(11-20)16-29/h3-9,13,17,20-22,35H,10-12,14-16H2,1-2H3/b34-17-. The first-order valence-electron chi connectivity index (χ1n) is 13.5. The molecule has 3 aromatic rings. The Hall–Kier alpha value is -3.62. The number of benzene rings is 2. The molecule has 0 atom stereocenters. The number of hydrogen-bond acceptors (Lipinski definition) is 4. The van der Waals surface area contributed by atoms with Crippen LogP contribution in [0.5, 0.6) is 0 Å². The zero-order chi connectivity index (χ0) is 27.5. The molecule has 1 heterocycles. The summed E-state index contributed by atoms with van der Waals surface area (Å²) in [7, 11) is 0. The maximum Gasteiger partial charge on any atom is 0.416 e. The largest absolute Gasteiger partial charge is 0.416 e. The van der Waals surface area contributed by atoms with E-state index in [0.717, 1.165) is 52.5 Å². The lowest BCUT2D eigenvalue weighted by Gasteiger charge is -2.57. The number of hydrazone groups is 1. The topological polar surface area (TPSA) is 72.5 Å². The average Bonchev–Trinajstić information content (AvgIpc) is 3.15. The van der Waals surface area contributed by atoms with Crippen LogP contribution in [0.15, 0.2) is 53.6 Å². The normalized spacial score (nSPS) is 25.9. The third kappa shape index (κ3) is 4.61. The van der Waals surface area contributed by atoms with E-state index >= 15 is 0 Å². The van der Waals surface area contributed by atoms with Gasteiger partial charge >= 0.3 is 6.18 Å². The van der Waals surface area contributed by atoms with Crippen molar-refractivity contribution in [2.24, 2.45) is 22.9 Å². The number of hydrogen-bond donors (Lipinski definition) is 1. The number of nitro benzene ring substituents is 1. The lowest BCUT2D eigenvalue weighted by Crippen LogP contribution is -2.48. The molecule has 2 aromatic carbocycles. The Labute approximate surface area is 225 Å². The zero-order valence-electron chi connectivity index (χ0n) is 22.0. The van der Waals surface area contributed by atoms with E-state index in [1.165, 1.54) is 50.3 Å². The number of halogens is 3. The van der Waals surface area contributed by atoms with Crippen LogP contribution in [0.2, 0.25) is 0 Å². The SMILES string of the molecule is Cc1cc(/C=N\Nc2ccc(C(F)(F)F)cc2[N+](=O)[O-])c(C)n1-c1ccc(C23CC4CC(CC(C4)C2)C3)cc1. The van der Waals surface area contributed by atoms with Crippen LogP contribution in [0, 0.1) is 41.7 Å². The first-order valence-corrected chi connectivity index (χ1v) is 13.5. The molecule has 4 aliphatic carbocycles. The van der Waals surface area contributed by atoms with Gasteiger partial charge in [-0.25, -0.2) is 0 Å². The van der Waals surface area contributed by atoms with Crippen LogP contribution in [0.3, 0.4) is 0 Å². The Balaban J connectivity index is 1.21. The summed E-state index contributed by atoms with van der Waals surface area (Å²) in [6.45, 7) is 3.98. The molecule has 0 spiro atoms. The first-order chi connectivity index (χ1) is 18.5. The van der Waals surface area contributed by atoms with Crippen LogP contribution in [-0.2, 0) is 11.6 Å². The average molecular weight is 537 g/mol. The quantitative estimate of drug-likeness (QED) is 0.197. The molecule has 4 aliphatic rings. The molecule has 4 bridgehead atoms. The fourth-order valence-electron chi connectivity index (χ4n) is 7.87. The number of aromatic nitrogens is 1. The van der Waals surface area contributed by atoms with E-state index in [1.54, 1.807) is 0 Å². The second-order valence-corrected chi connectivity index (χ2v) is 11.8. The zero-order valence-corrected chi connectivity index (χ0v) is 22.0. The Morgan fingerprint density at radius 3 is 2.18 bits per heavy atom. The molecular formula is C30H31F3N4O2. The number of anilines is 1. The Morgan fingerprint density at radius 1 is 1.00 bits per heavy atom. The maximum atomic E-state index is 13.0. The van der Waals surface area contributed by atoms with Crippen molar-refractivity contribution in [3.05, 3.63) is 86.7 Å². The first kappa shape index (κ1) is 25.6. The Kier molecular flexibility index (Phi) is 6.08. The van der Waals surface area contributed by atoms with Gasteiger partial charge in [-0.15, -0.1) is 0 Å². The number of nitro groups is 1. The lowest BCUT2D eigenvalue weighted by molar-refractivity contribution is -0.384. The second kappa shape index (κ2) is 9.24. The van der Waals surface area contributed by atoms with Crippen molar-refractivity contribution >= 4 is 17.6 Å². The molecule has 0 amide bonds. The van der Waals surface area contributed by atoms with Crippen LogP contribution in [-0.4, -0.2) is 15.7 Å². The summed E-state index contributed by atoms with van der Waals surface area (Å²) in [5, 5.41) is 15.4. The van der Waals surface area contributed by atoms with E-state index in [0.29, 0.717) is 11.5 Å². The molecule has 1 N–H and O–H groups in total. The molecule has 0 saturated heterocycles. The van der Waals surface area contributed by atoms with E-state index < -0.39 is 22.4 Å². The Morgan fingerprint density at radius 2 is 1.62 bits per heavy atom. The molecule has 204 valence electrons. The number of nitrogens with zero attached hydrogens (tertiary/aromatic N) is 3. The predicted octanol–water partition coefficient (Wildman–Crippen LogP) is 7.93. The van der Waals surface area contributed by atoms with Gasteiger partial charge in [0.2, 0.25) is 0 Å². The van der Waals surface area contributed by atoms with Crippen molar-refractivity contribution in [1.29, 1.82) is 0 Å². The van der Waals surface area contributed by atoms with E-state index in [9.17, 15) is 23.3 Å². The van der Waals surface area contributed by atoms with E-state index in [2.05, 4.69) is 39.4 Å². The van der Waals surface area contributed by atoms with Gasteiger partial charge in [-0.2, -0.15) is 18.3 Å². The molecule has 4 saturated carbocycles. The van der Waals surface area contributed by atoms with E-state index in [-0.39, 0.29) is 5.69 Å². The van der Waals surface area contributed by atoms with Crippen molar-refractivity contribution in [1.82, 2.24) is 4.57 Å². The van der Waals surface area contributed by atoms with Crippen molar-refractivity contribution in [3.8, 4) is 5.69 Å². The third-order valence-corrected chi connectivity index (χ3v) is 9.16. The fraction of sp³-hybridized carbons (Fsp3) is 0.433. The molecule has 4 fully saturated rings. The van der Waals surface area contributed by atoms with Gasteiger partial charge in [-0.3, -0.25) is 15.5 Å². The molecule has 7 rings (SSSR count). The number of rotatable bonds is 6.